The summed E-state index contributed by atoms with van der Waals surface area (Å²) in [7, 11) is 0. The Hall–Kier alpha value is -4.59. The summed E-state index contributed by atoms with van der Waals surface area (Å²) in [5.41, 5.74) is 15.2. The van der Waals surface area contributed by atoms with Gasteiger partial charge in [0.1, 0.15) is 0 Å². The maximum atomic E-state index is 5.58. The van der Waals surface area contributed by atoms with Crippen molar-refractivity contribution < 1.29 is 17.1 Å². The van der Waals surface area contributed by atoms with E-state index in [0.29, 0.717) is 11.8 Å². The van der Waals surface area contributed by atoms with Gasteiger partial charge in [-0.25, -0.2) is 9.97 Å². The number of likely N-dealkylation sites (N-methyl/N-ethyl adjacent to an activating group) is 2. The molecule has 2 atom stereocenters. The van der Waals surface area contributed by atoms with Crippen LogP contribution in [-0.4, -0.2) is 64.0 Å². The van der Waals surface area contributed by atoms with Gasteiger partial charge in [0.05, 0.1) is 28.5 Å². The molecule has 55 heavy (non-hydrogen) atoms. The van der Waals surface area contributed by atoms with Crippen LogP contribution < -0.4 is 9.97 Å². The number of pyridine rings is 1. The van der Waals surface area contributed by atoms with E-state index in [4.69, 9.17) is 24.9 Å². The molecule has 279 valence electrons. The van der Waals surface area contributed by atoms with Crippen molar-refractivity contribution in [1.82, 2.24) is 34.7 Å². The quantitative estimate of drug-likeness (QED) is 0.150. The Morgan fingerprint density at radius 3 is 1.67 bits per heavy atom. The van der Waals surface area contributed by atoms with Gasteiger partial charge in [-0.3, -0.25) is 4.98 Å². The summed E-state index contributed by atoms with van der Waals surface area (Å²) in [6, 6.07) is 25.7. The van der Waals surface area contributed by atoms with E-state index in [1.165, 1.54) is 24.0 Å². The van der Waals surface area contributed by atoms with Gasteiger partial charge < -0.3 is 19.8 Å². The minimum absolute atomic E-state index is 0. The largest absolute Gasteiger partial charge is 2.00 e. The molecule has 0 N–H and O–H groups in total. The van der Waals surface area contributed by atoms with Gasteiger partial charge in [0.2, 0.25) is 0 Å². The molecule has 0 saturated carbocycles. The monoisotopic (exact) mass is 766 g/mol. The predicted molar refractivity (Wildman–Crippen MR) is 223 cm³/mol. The third-order valence-electron chi connectivity index (χ3n) is 11.9. The van der Waals surface area contributed by atoms with Gasteiger partial charge in [-0.2, -0.15) is 0 Å². The number of fused-ring (bicyclic) bond motifs is 8. The fourth-order valence-electron chi connectivity index (χ4n) is 9.10. The Bertz CT molecular complexity index is 2410. The molecule has 5 aromatic rings. The first-order chi connectivity index (χ1) is 26.6. The second-order valence-corrected chi connectivity index (χ2v) is 15.1. The molecule has 4 aliphatic heterocycles. The van der Waals surface area contributed by atoms with E-state index in [9.17, 15) is 0 Å². The Labute approximate surface area is 335 Å². The molecule has 2 fully saturated rings. The number of aromatic nitrogens is 5. The van der Waals surface area contributed by atoms with Crippen LogP contribution in [0.2, 0.25) is 0 Å². The first kappa shape index (κ1) is 37.3. The normalized spacial score (nSPS) is 18.7. The molecule has 0 amide bonds. The topological polar surface area (TPSA) is 73.4 Å². The number of hydrogen-bond donors (Lipinski definition) is 0. The van der Waals surface area contributed by atoms with Crippen LogP contribution >= 0.6 is 0 Å². The van der Waals surface area contributed by atoms with E-state index in [2.05, 4.69) is 128 Å². The van der Waals surface area contributed by atoms with Crippen molar-refractivity contribution in [3.63, 3.8) is 0 Å². The molecule has 8 bridgehead atoms. The minimum Gasteiger partial charge on any atom is -0.657 e. The van der Waals surface area contributed by atoms with Crippen molar-refractivity contribution in [2.75, 3.05) is 39.3 Å². The number of piperidine rings is 2. The van der Waals surface area contributed by atoms with Gasteiger partial charge >= 0.3 is 17.1 Å². The predicted octanol–water partition coefficient (Wildman–Crippen LogP) is 9.60. The van der Waals surface area contributed by atoms with E-state index in [1.807, 2.05) is 0 Å². The minimum atomic E-state index is 0. The van der Waals surface area contributed by atoms with E-state index in [0.717, 1.165) is 131 Å². The molecule has 4 aromatic heterocycles. The second kappa shape index (κ2) is 16.3. The molecule has 4 aliphatic rings. The number of benzene rings is 1. The second-order valence-electron chi connectivity index (χ2n) is 15.1. The Kier molecular flexibility index (Phi) is 11.0. The Balaban J connectivity index is 0.00000427. The Morgan fingerprint density at radius 2 is 1.09 bits per heavy atom. The van der Waals surface area contributed by atoms with Crippen molar-refractivity contribution in [2.45, 2.75) is 64.7 Å². The van der Waals surface area contributed by atoms with Crippen LogP contribution in [0.5, 0.6) is 0 Å². The van der Waals surface area contributed by atoms with Crippen molar-refractivity contribution in [1.29, 1.82) is 0 Å². The van der Waals surface area contributed by atoms with Crippen LogP contribution in [-0.2, 0) is 23.5 Å². The standard InChI is InChI=1S/C47H49N7.Mn/c1-4-34-17-10-18-35(48-34)47-42-25-23-37(51-42)44(31-13-8-7-9-14-31)36-19-20-38(49-36)45(32-15-11-27-53(5-2)29-32)39-21-22-40(50-39)46(41-24-26-43(47)52-41)33-16-12-28-54(6-3)30-33;/h7-10,13-14,17-26,32-33H,4-6,11-12,15-16,27-30H2,1-3H3;/q-2;+2. The molecular weight excluding hydrogens is 718 g/mol. The molecule has 8 heterocycles. The molecule has 0 aliphatic carbocycles. The van der Waals surface area contributed by atoms with Gasteiger partial charge in [-0.05, 0) is 129 Å². The van der Waals surface area contributed by atoms with E-state index in [-0.39, 0.29) is 17.1 Å². The average molecular weight is 767 g/mol. The summed E-state index contributed by atoms with van der Waals surface area (Å²) in [4.78, 5) is 32.3. The molecule has 0 spiro atoms. The van der Waals surface area contributed by atoms with Crippen LogP contribution in [0.4, 0.5) is 0 Å². The van der Waals surface area contributed by atoms with Crippen LogP contribution in [0.1, 0.15) is 97.9 Å². The fraction of sp³-hybridized carbons (Fsp3) is 0.340. The Morgan fingerprint density at radius 1 is 0.564 bits per heavy atom. The zero-order valence-corrected chi connectivity index (χ0v) is 33.4. The van der Waals surface area contributed by atoms with Gasteiger partial charge in [-0.1, -0.05) is 81.4 Å². The molecule has 7 nitrogen and oxygen atoms in total. The molecular formula is C47H49MnN7. The van der Waals surface area contributed by atoms with Gasteiger partial charge in [0.15, 0.2) is 0 Å². The average Bonchev–Trinajstić information content (AvgIpc) is 4.07. The van der Waals surface area contributed by atoms with Crippen molar-refractivity contribution in [3.05, 3.63) is 112 Å². The molecule has 8 heteroatoms. The fourth-order valence-corrected chi connectivity index (χ4v) is 9.10. The molecule has 2 unspecified atom stereocenters. The number of rotatable bonds is 7. The SMILES string of the molecule is CCc1cccc(-c2c3nc(c(C4CCCN(CC)C4)c4ccc([n-]4)c(C4CCCN(CC)C4)c4nc(c(-c5ccccc5)c5ccc2[n-]5)C=C4)C=C3)n1.[Mn+2]. The molecule has 2 saturated heterocycles. The third kappa shape index (κ3) is 7.29. The smallest absolute Gasteiger partial charge is 0.657 e. The van der Waals surface area contributed by atoms with Crippen LogP contribution in [0.25, 0.3) is 68.8 Å². The summed E-state index contributed by atoms with van der Waals surface area (Å²) >= 11 is 0. The summed E-state index contributed by atoms with van der Waals surface area (Å²) in [5, 5.41) is 0. The van der Waals surface area contributed by atoms with Crippen molar-refractivity contribution >= 4 is 46.4 Å². The maximum Gasteiger partial charge on any atom is 2.00 e. The van der Waals surface area contributed by atoms with E-state index in [1.54, 1.807) is 0 Å². The number of likely N-dealkylation sites (tertiary alicyclic amines) is 2. The summed E-state index contributed by atoms with van der Waals surface area (Å²) in [6.45, 7) is 13.1. The van der Waals surface area contributed by atoms with Gasteiger partial charge in [-0.15, -0.1) is 22.1 Å². The third-order valence-corrected chi connectivity index (χ3v) is 11.9. The maximum absolute atomic E-state index is 5.58. The summed E-state index contributed by atoms with van der Waals surface area (Å²) in [6.07, 6.45) is 14.2. The molecule has 1 radical (unpaired) electrons. The zero-order valence-electron chi connectivity index (χ0n) is 32.2. The van der Waals surface area contributed by atoms with E-state index < -0.39 is 0 Å². The van der Waals surface area contributed by atoms with Crippen LogP contribution in [0.3, 0.4) is 0 Å². The first-order valence-electron chi connectivity index (χ1n) is 20.1. The van der Waals surface area contributed by atoms with Crippen molar-refractivity contribution in [2.24, 2.45) is 0 Å². The van der Waals surface area contributed by atoms with E-state index >= 15 is 0 Å². The molecule has 1 aromatic carbocycles. The van der Waals surface area contributed by atoms with Gasteiger partial charge in [0.25, 0.3) is 0 Å². The van der Waals surface area contributed by atoms with Crippen LogP contribution in [0, 0.1) is 0 Å². The number of aryl methyl sites for hydroxylation is 1. The summed E-state index contributed by atoms with van der Waals surface area (Å²) < 4.78 is 0. The number of hydrogen-bond acceptors (Lipinski definition) is 5. The summed E-state index contributed by atoms with van der Waals surface area (Å²) in [5.74, 6) is 0.671. The first-order valence-corrected chi connectivity index (χ1v) is 20.1. The van der Waals surface area contributed by atoms with Gasteiger partial charge in [0, 0.05) is 24.3 Å². The van der Waals surface area contributed by atoms with Crippen LogP contribution in [0.15, 0.2) is 72.8 Å². The molecule has 9 rings (SSSR count). The zero-order chi connectivity index (χ0) is 36.6. The number of nitrogens with zero attached hydrogens (tertiary/aromatic N) is 7. The van der Waals surface area contributed by atoms with Crippen molar-refractivity contribution in [3.8, 4) is 22.4 Å².